The van der Waals surface area contributed by atoms with Crippen molar-refractivity contribution < 1.29 is 28.6 Å². The molecule has 0 saturated heterocycles. The molecular formula is C16H20N2O6. The van der Waals surface area contributed by atoms with E-state index in [-0.39, 0.29) is 0 Å². The normalized spacial score (nSPS) is 11.6. The number of esters is 1. The van der Waals surface area contributed by atoms with E-state index >= 15 is 0 Å². The topological polar surface area (TPSA) is 117 Å². The number of ether oxygens (including phenoxy) is 3. The predicted molar refractivity (Wildman–Crippen MR) is 86.5 cm³/mol. The second kappa shape index (κ2) is 9.19. The molecule has 0 unspecified atom stereocenters. The van der Waals surface area contributed by atoms with Gasteiger partial charge in [0.15, 0.2) is 24.2 Å². The van der Waals surface area contributed by atoms with Crippen LogP contribution in [0.4, 0.5) is 4.79 Å². The number of imide groups is 1. The zero-order valence-electron chi connectivity index (χ0n) is 13.7. The molecular weight excluding hydrogens is 316 g/mol. The van der Waals surface area contributed by atoms with Gasteiger partial charge in [-0.05, 0) is 31.5 Å². The minimum Gasteiger partial charge on any atom is -0.493 e. The number of nitrogens with two attached hydrogens (primary N) is 1. The Morgan fingerprint density at radius 2 is 2.00 bits per heavy atom. The van der Waals surface area contributed by atoms with E-state index in [1.165, 1.54) is 14.0 Å². The van der Waals surface area contributed by atoms with Gasteiger partial charge in [-0.2, -0.15) is 0 Å². The van der Waals surface area contributed by atoms with Crippen molar-refractivity contribution in [3.8, 4) is 11.5 Å². The Hall–Kier alpha value is -3.03. The summed E-state index contributed by atoms with van der Waals surface area (Å²) in [5, 5.41) is 1.81. The first-order valence-electron chi connectivity index (χ1n) is 7.10. The quantitative estimate of drug-likeness (QED) is 0.723. The van der Waals surface area contributed by atoms with Crippen molar-refractivity contribution in [2.75, 3.05) is 13.7 Å². The summed E-state index contributed by atoms with van der Waals surface area (Å²) >= 11 is 0. The van der Waals surface area contributed by atoms with Crippen LogP contribution in [0.5, 0.6) is 11.5 Å². The molecule has 0 aromatic heterocycles. The fourth-order valence-electron chi connectivity index (χ4n) is 1.74. The van der Waals surface area contributed by atoms with Gasteiger partial charge in [-0.25, -0.2) is 9.59 Å². The molecule has 0 heterocycles. The number of rotatable bonds is 7. The van der Waals surface area contributed by atoms with E-state index in [0.29, 0.717) is 11.5 Å². The van der Waals surface area contributed by atoms with E-state index in [9.17, 15) is 14.4 Å². The van der Waals surface area contributed by atoms with Crippen LogP contribution in [-0.2, 0) is 14.3 Å². The zero-order chi connectivity index (χ0) is 18.1. The van der Waals surface area contributed by atoms with Gasteiger partial charge in [0.05, 0.1) is 7.11 Å². The molecule has 1 aromatic rings. The molecule has 1 atom stereocenters. The van der Waals surface area contributed by atoms with Gasteiger partial charge in [0.2, 0.25) is 0 Å². The summed E-state index contributed by atoms with van der Waals surface area (Å²) < 4.78 is 15.4. The highest BCUT2D eigenvalue weighted by Crippen LogP contribution is 2.28. The fraction of sp³-hybridized carbons (Fsp3) is 0.312. The minimum atomic E-state index is -1.17. The Morgan fingerprint density at radius 1 is 1.29 bits per heavy atom. The molecule has 3 amide bonds. The lowest BCUT2D eigenvalue weighted by Gasteiger charge is -2.14. The number of urea groups is 1. The van der Waals surface area contributed by atoms with E-state index in [1.54, 1.807) is 18.2 Å². The van der Waals surface area contributed by atoms with E-state index in [1.807, 2.05) is 24.4 Å². The van der Waals surface area contributed by atoms with Crippen LogP contribution in [0.1, 0.15) is 19.4 Å². The van der Waals surface area contributed by atoms with Crippen LogP contribution in [0, 0.1) is 0 Å². The number of hydrogen-bond acceptors (Lipinski definition) is 6. The van der Waals surface area contributed by atoms with Crippen molar-refractivity contribution in [3.63, 3.8) is 0 Å². The Morgan fingerprint density at radius 3 is 2.58 bits per heavy atom. The molecule has 0 spiro atoms. The molecule has 0 radical (unpaired) electrons. The molecule has 1 aromatic carbocycles. The number of benzene rings is 1. The largest absolute Gasteiger partial charge is 0.493 e. The minimum absolute atomic E-state index is 0.358. The van der Waals surface area contributed by atoms with Crippen molar-refractivity contribution in [3.05, 3.63) is 29.8 Å². The average molecular weight is 336 g/mol. The lowest BCUT2D eigenvalue weighted by molar-refractivity contribution is -0.156. The van der Waals surface area contributed by atoms with E-state index in [0.717, 1.165) is 5.56 Å². The maximum atomic E-state index is 11.7. The summed E-state index contributed by atoms with van der Waals surface area (Å²) in [6, 6.07) is 4.19. The lowest BCUT2D eigenvalue weighted by Crippen LogP contribution is -2.42. The molecule has 0 aliphatic rings. The van der Waals surface area contributed by atoms with Gasteiger partial charge in [0.1, 0.15) is 0 Å². The lowest BCUT2D eigenvalue weighted by atomic mass is 10.2. The highest BCUT2D eigenvalue weighted by Gasteiger charge is 2.19. The second-order valence-electron chi connectivity index (χ2n) is 4.68. The van der Waals surface area contributed by atoms with Crippen LogP contribution in [0.2, 0.25) is 0 Å². The van der Waals surface area contributed by atoms with Crippen LogP contribution >= 0.6 is 0 Å². The Labute approximate surface area is 139 Å². The van der Waals surface area contributed by atoms with Gasteiger partial charge in [-0.1, -0.05) is 18.2 Å². The Kier molecular flexibility index (Phi) is 7.28. The molecule has 1 rings (SSSR count). The van der Waals surface area contributed by atoms with Crippen molar-refractivity contribution in [2.45, 2.75) is 20.0 Å². The third-order valence-corrected chi connectivity index (χ3v) is 2.82. The maximum absolute atomic E-state index is 11.7. The van der Waals surface area contributed by atoms with Gasteiger partial charge in [-0.3, -0.25) is 10.1 Å². The van der Waals surface area contributed by atoms with E-state index < -0.39 is 30.6 Å². The number of allylic oxidation sites excluding steroid dienone is 1. The Bertz CT molecular complexity index is 641. The van der Waals surface area contributed by atoms with Crippen LogP contribution in [0.15, 0.2) is 24.3 Å². The number of carbonyl (C=O) groups is 3. The summed E-state index contributed by atoms with van der Waals surface area (Å²) in [6.45, 7) is 2.78. The third-order valence-electron chi connectivity index (χ3n) is 2.82. The van der Waals surface area contributed by atoms with Crippen LogP contribution in [0.25, 0.3) is 6.08 Å². The molecule has 0 bridgehead atoms. The summed E-state index contributed by atoms with van der Waals surface area (Å²) in [6.07, 6.45) is 2.60. The first-order valence-corrected chi connectivity index (χ1v) is 7.10. The molecule has 0 fully saturated rings. The monoisotopic (exact) mass is 336 g/mol. The first kappa shape index (κ1) is 19.0. The molecule has 24 heavy (non-hydrogen) atoms. The number of carbonyl (C=O) groups excluding carboxylic acids is 3. The molecule has 3 N–H and O–H groups in total. The molecule has 8 nitrogen and oxygen atoms in total. The fourth-order valence-corrected chi connectivity index (χ4v) is 1.74. The molecule has 8 heteroatoms. The maximum Gasteiger partial charge on any atom is 0.344 e. The first-order chi connectivity index (χ1) is 11.4. The Balaban J connectivity index is 2.61. The highest BCUT2D eigenvalue weighted by molar-refractivity contribution is 5.96. The van der Waals surface area contributed by atoms with Crippen LogP contribution in [-0.4, -0.2) is 37.7 Å². The van der Waals surface area contributed by atoms with Gasteiger partial charge < -0.3 is 19.9 Å². The number of amides is 3. The summed E-state index contributed by atoms with van der Waals surface area (Å²) in [4.78, 5) is 33.7. The van der Waals surface area contributed by atoms with Crippen molar-refractivity contribution in [1.82, 2.24) is 5.32 Å². The van der Waals surface area contributed by atoms with Crippen LogP contribution in [0.3, 0.4) is 0 Å². The van der Waals surface area contributed by atoms with Gasteiger partial charge in [-0.15, -0.1) is 0 Å². The molecule has 0 saturated carbocycles. The number of nitrogens with one attached hydrogen (secondary N) is 1. The summed E-state index contributed by atoms with van der Waals surface area (Å²) in [5.41, 5.74) is 5.73. The van der Waals surface area contributed by atoms with Gasteiger partial charge >= 0.3 is 12.0 Å². The number of hydrogen-bond donors (Lipinski definition) is 2. The number of primary amides is 1. The van der Waals surface area contributed by atoms with Gasteiger partial charge in [0, 0.05) is 0 Å². The standard InChI is InChI=1S/C16H20N2O6/c1-4-5-11-6-7-12(13(8-11)22-3)23-9-14(19)24-10(2)15(20)18-16(17)21/h4-8,10H,9H2,1-3H3,(H3,17,18,20,21)/b5-4+/t10-/m1/s1. The van der Waals surface area contributed by atoms with Gasteiger partial charge in [0.25, 0.3) is 5.91 Å². The molecule has 0 aliphatic carbocycles. The third kappa shape index (κ3) is 5.99. The second-order valence-corrected chi connectivity index (χ2v) is 4.68. The average Bonchev–Trinajstić information content (AvgIpc) is 2.53. The summed E-state index contributed by atoms with van der Waals surface area (Å²) in [5.74, 6) is -0.777. The van der Waals surface area contributed by atoms with Crippen molar-refractivity contribution >= 4 is 24.0 Å². The van der Waals surface area contributed by atoms with Crippen LogP contribution < -0.4 is 20.5 Å². The van der Waals surface area contributed by atoms with E-state index in [2.05, 4.69) is 0 Å². The zero-order valence-corrected chi connectivity index (χ0v) is 13.7. The SMILES string of the molecule is C/C=C/c1ccc(OCC(=O)O[C@H](C)C(=O)NC(N)=O)c(OC)c1. The highest BCUT2D eigenvalue weighted by atomic mass is 16.6. The van der Waals surface area contributed by atoms with E-state index in [4.69, 9.17) is 19.9 Å². The predicted octanol–water partition coefficient (Wildman–Crippen LogP) is 1.23. The molecule has 0 aliphatic heterocycles. The molecule has 130 valence electrons. The smallest absolute Gasteiger partial charge is 0.344 e. The number of methoxy groups -OCH3 is 1. The van der Waals surface area contributed by atoms with Crippen molar-refractivity contribution in [1.29, 1.82) is 0 Å². The van der Waals surface area contributed by atoms with Crippen molar-refractivity contribution in [2.24, 2.45) is 5.73 Å². The summed E-state index contributed by atoms with van der Waals surface area (Å²) in [7, 11) is 1.48.